The van der Waals surface area contributed by atoms with Crippen molar-refractivity contribution in [2.24, 2.45) is 29.1 Å². The van der Waals surface area contributed by atoms with Crippen LogP contribution in [0.3, 0.4) is 0 Å². The molecule has 53 heavy (non-hydrogen) atoms. The summed E-state index contributed by atoms with van der Waals surface area (Å²) in [6.07, 6.45) is 2.20. The monoisotopic (exact) mass is 731 g/mol. The van der Waals surface area contributed by atoms with E-state index >= 15 is 0 Å². The van der Waals surface area contributed by atoms with E-state index in [1.54, 1.807) is 43.3 Å². The molecule has 0 radical (unpaired) electrons. The Morgan fingerprint density at radius 3 is 2.40 bits per heavy atom. The standard InChI is InChI=1S/C41H31ClFN3O7/c1-41-26(38(49)46(40(41)51)22-14-17-28(43)27(42)18-22)19-25-23(35(41)34-30(47)7-5-9-32(34)52-2)15-16-24-33(25)39(50)45(37(24)48)21-12-10-20(11-13-21)36-44-29-6-3-4-8-31(29)53-36/h3-15,17-18,24-26,33,35,47H,16,19H2,1-2H3. The van der Waals surface area contributed by atoms with Crippen LogP contribution in [0.5, 0.6) is 11.5 Å². The van der Waals surface area contributed by atoms with Crippen LogP contribution in [0.1, 0.15) is 31.2 Å². The molecule has 2 saturated heterocycles. The topological polar surface area (TPSA) is 130 Å². The zero-order valence-corrected chi connectivity index (χ0v) is 29.2. The maximum Gasteiger partial charge on any atom is 0.241 e. The molecule has 4 amide bonds. The molecule has 12 heteroatoms. The zero-order valence-electron chi connectivity index (χ0n) is 28.5. The van der Waals surface area contributed by atoms with Gasteiger partial charge in [0.2, 0.25) is 29.5 Å². The third-order valence-electron chi connectivity index (χ3n) is 11.7. The summed E-state index contributed by atoms with van der Waals surface area (Å²) < 4.78 is 25.8. The summed E-state index contributed by atoms with van der Waals surface area (Å²) in [5.74, 6) is -6.04. The number of anilines is 2. The highest BCUT2D eigenvalue weighted by Crippen LogP contribution is 2.65. The molecule has 2 aliphatic heterocycles. The van der Waals surface area contributed by atoms with Crippen LogP contribution in [-0.2, 0) is 19.2 Å². The lowest BCUT2D eigenvalue weighted by Crippen LogP contribution is -2.49. The van der Waals surface area contributed by atoms with Gasteiger partial charge in [-0.15, -0.1) is 0 Å². The molecule has 3 fully saturated rings. The fourth-order valence-electron chi connectivity index (χ4n) is 9.20. The summed E-state index contributed by atoms with van der Waals surface area (Å²) in [5, 5.41) is 11.2. The molecule has 3 heterocycles. The van der Waals surface area contributed by atoms with Gasteiger partial charge in [0, 0.05) is 17.0 Å². The number of nitrogens with zero attached hydrogens (tertiary/aromatic N) is 3. The van der Waals surface area contributed by atoms with Crippen molar-refractivity contribution in [3.8, 4) is 23.0 Å². The predicted octanol–water partition coefficient (Wildman–Crippen LogP) is 7.44. The number of hydrogen-bond acceptors (Lipinski definition) is 8. The van der Waals surface area contributed by atoms with Gasteiger partial charge in [-0.2, -0.15) is 0 Å². The Morgan fingerprint density at radius 1 is 0.906 bits per heavy atom. The number of carbonyl (C=O) groups excluding carboxylic acids is 4. The Morgan fingerprint density at radius 2 is 1.66 bits per heavy atom. The second-order valence-corrected chi connectivity index (χ2v) is 14.6. The molecule has 1 saturated carbocycles. The van der Waals surface area contributed by atoms with Gasteiger partial charge in [-0.25, -0.2) is 14.3 Å². The first-order valence-corrected chi connectivity index (χ1v) is 17.6. The number of phenols is 1. The minimum absolute atomic E-state index is 0.0927. The number of para-hydroxylation sites is 2. The van der Waals surface area contributed by atoms with Crippen LogP contribution in [0.4, 0.5) is 15.8 Å². The summed E-state index contributed by atoms with van der Waals surface area (Å²) in [6, 6.07) is 22.7. The highest BCUT2D eigenvalue weighted by molar-refractivity contribution is 6.32. The Bertz CT molecular complexity index is 2410. The number of methoxy groups -OCH3 is 1. The largest absolute Gasteiger partial charge is 0.508 e. The van der Waals surface area contributed by atoms with Crippen LogP contribution in [-0.4, -0.2) is 40.8 Å². The number of aromatic hydroxyl groups is 1. The number of fused-ring (bicyclic) bond motifs is 5. The van der Waals surface area contributed by atoms with Gasteiger partial charge in [-0.3, -0.25) is 24.1 Å². The van der Waals surface area contributed by atoms with E-state index in [2.05, 4.69) is 4.98 Å². The normalized spacial score (nSPS) is 26.5. The number of imide groups is 2. The molecule has 6 unspecified atom stereocenters. The Labute approximate surface area is 307 Å². The fraction of sp³-hybridized carbons (Fsp3) is 0.244. The first kappa shape index (κ1) is 33.1. The van der Waals surface area contributed by atoms with Crippen LogP contribution < -0.4 is 14.5 Å². The lowest BCUT2D eigenvalue weighted by Gasteiger charge is -2.49. The van der Waals surface area contributed by atoms with E-state index in [1.165, 1.54) is 30.2 Å². The maximum absolute atomic E-state index is 14.7. The van der Waals surface area contributed by atoms with Gasteiger partial charge < -0.3 is 14.3 Å². The van der Waals surface area contributed by atoms with Gasteiger partial charge in [0.15, 0.2) is 5.58 Å². The van der Waals surface area contributed by atoms with E-state index in [0.29, 0.717) is 45.1 Å². The molecular formula is C41H31ClFN3O7. The number of carbonyl (C=O) groups is 4. The molecule has 6 atom stereocenters. The highest BCUT2D eigenvalue weighted by atomic mass is 35.5. The summed E-state index contributed by atoms with van der Waals surface area (Å²) in [7, 11) is 1.45. The van der Waals surface area contributed by atoms with Crippen molar-refractivity contribution >= 4 is 57.7 Å². The van der Waals surface area contributed by atoms with E-state index < -0.39 is 58.5 Å². The van der Waals surface area contributed by atoms with Gasteiger partial charge in [0.1, 0.15) is 22.8 Å². The first-order chi connectivity index (χ1) is 25.5. The Balaban J connectivity index is 1.12. The molecule has 4 aliphatic rings. The molecule has 5 aromatic rings. The summed E-state index contributed by atoms with van der Waals surface area (Å²) in [5.41, 5.74) is 2.05. The molecule has 0 bridgehead atoms. The number of hydrogen-bond donors (Lipinski definition) is 1. The SMILES string of the molecule is COc1cccc(O)c1C1C2=CCC3C(=O)N(c4ccc(-c5nc6ccccc6o5)cc4)C(=O)C3C2CC2C(=O)N(c3ccc(F)c(Cl)c3)C(=O)C21C. The molecule has 4 aromatic carbocycles. The van der Waals surface area contributed by atoms with Gasteiger partial charge in [0.05, 0.1) is 46.7 Å². The molecule has 266 valence electrons. The Hall–Kier alpha value is -5.81. The number of allylic oxidation sites excluding steroid dienone is 2. The van der Waals surface area contributed by atoms with Crippen molar-refractivity contribution in [3.05, 3.63) is 113 Å². The van der Waals surface area contributed by atoms with Crippen molar-refractivity contribution in [3.63, 3.8) is 0 Å². The number of benzene rings is 4. The number of halogens is 2. The van der Waals surface area contributed by atoms with Gasteiger partial charge in [0.25, 0.3) is 0 Å². The number of aromatic nitrogens is 1. The third-order valence-corrected chi connectivity index (χ3v) is 11.9. The van der Waals surface area contributed by atoms with Crippen LogP contribution in [0, 0.1) is 34.9 Å². The van der Waals surface area contributed by atoms with Crippen LogP contribution in [0.15, 0.2) is 101 Å². The molecule has 10 nitrogen and oxygen atoms in total. The minimum atomic E-state index is -1.45. The maximum atomic E-state index is 14.7. The minimum Gasteiger partial charge on any atom is -0.508 e. The molecule has 1 aromatic heterocycles. The van der Waals surface area contributed by atoms with Gasteiger partial charge in [-0.1, -0.05) is 41.4 Å². The number of phenolic OH excluding ortho intramolecular Hbond substituents is 1. The van der Waals surface area contributed by atoms with Gasteiger partial charge >= 0.3 is 0 Å². The molecule has 0 spiro atoms. The van der Waals surface area contributed by atoms with E-state index in [4.69, 9.17) is 20.8 Å². The average Bonchev–Trinajstić information content (AvgIpc) is 3.76. The molecular weight excluding hydrogens is 701 g/mol. The van der Waals surface area contributed by atoms with Crippen molar-refractivity contribution in [2.75, 3.05) is 16.9 Å². The highest BCUT2D eigenvalue weighted by Gasteiger charge is 2.68. The fourth-order valence-corrected chi connectivity index (χ4v) is 9.37. The zero-order chi connectivity index (χ0) is 36.9. The summed E-state index contributed by atoms with van der Waals surface area (Å²) in [6.45, 7) is 1.69. The van der Waals surface area contributed by atoms with Crippen molar-refractivity contribution in [1.29, 1.82) is 0 Å². The van der Waals surface area contributed by atoms with Gasteiger partial charge in [-0.05, 0) is 92.4 Å². The molecule has 1 N–H and O–H groups in total. The van der Waals surface area contributed by atoms with E-state index in [1.807, 2.05) is 30.3 Å². The van der Waals surface area contributed by atoms with Crippen LogP contribution in [0.25, 0.3) is 22.6 Å². The summed E-state index contributed by atoms with van der Waals surface area (Å²) >= 11 is 6.11. The summed E-state index contributed by atoms with van der Waals surface area (Å²) in [4.78, 5) is 64.6. The van der Waals surface area contributed by atoms with E-state index in [9.17, 15) is 28.7 Å². The number of ether oxygens (including phenoxy) is 1. The van der Waals surface area contributed by atoms with Crippen molar-refractivity contribution < 1.29 is 37.8 Å². The second-order valence-electron chi connectivity index (χ2n) is 14.2. The van der Waals surface area contributed by atoms with Crippen molar-refractivity contribution in [2.45, 2.75) is 25.7 Å². The lowest BCUT2D eigenvalue weighted by molar-refractivity contribution is -0.131. The predicted molar refractivity (Wildman–Crippen MR) is 193 cm³/mol. The lowest BCUT2D eigenvalue weighted by atomic mass is 9.51. The Kier molecular flexibility index (Phi) is 7.40. The number of oxazole rings is 1. The third kappa shape index (κ3) is 4.66. The molecule has 9 rings (SSSR count). The quantitative estimate of drug-likeness (QED) is 0.146. The number of amides is 4. The average molecular weight is 732 g/mol. The van der Waals surface area contributed by atoms with Crippen LogP contribution >= 0.6 is 11.6 Å². The smallest absolute Gasteiger partial charge is 0.241 e. The van der Waals surface area contributed by atoms with Crippen LogP contribution in [0.2, 0.25) is 5.02 Å². The van der Waals surface area contributed by atoms with E-state index in [0.717, 1.165) is 11.0 Å². The van der Waals surface area contributed by atoms with E-state index in [-0.39, 0.29) is 35.2 Å². The number of rotatable bonds is 5. The second kappa shape index (κ2) is 11.9. The molecule has 2 aliphatic carbocycles. The van der Waals surface area contributed by atoms with Crippen molar-refractivity contribution in [1.82, 2.24) is 4.98 Å². The first-order valence-electron chi connectivity index (χ1n) is 17.3.